The molecule has 0 aliphatic carbocycles. The fourth-order valence-corrected chi connectivity index (χ4v) is 3.40. The van der Waals surface area contributed by atoms with Gasteiger partial charge < -0.3 is 5.73 Å². The second-order valence-corrected chi connectivity index (χ2v) is 6.48. The molecule has 0 bridgehead atoms. The summed E-state index contributed by atoms with van der Waals surface area (Å²) in [5, 5.41) is 0. The molecule has 0 spiro atoms. The summed E-state index contributed by atoms with van der Waals surface area (Å²) in [5.41, 5.74) is 9.06. The Balaban J connectivity index is 2.28. The largest absolute Gasteiger partial charge is 0.326 e. The van der Waals surface area contributed by atoms with Crippen molar-refractivity contribution in [2.45, 2.75) is 51.9 Å². The highest BCUT2D eigenvalue weighted by Gasteiger charge is 2.33. The lowest BCUT2D eigenvalue weighted by Gasteiger charge is -2.47. The van der Waals surface area contributed by atoms with Gasteiger partial charge in [0.15, 0.2) is 0 Å². The summed E-state index contributed by atoms with van der Waals surface area (Å²) >= 11 is 0. The van der Waals surface area contributed by atoms with Gasteiger partial charge in [-0.05, 0) is 45.9 Å². The predicted octanol–water partition coefficient (Wildman–Crippen LogP) is 2.41. The summed E-state index contributed by atoms with van der Waals surface area (Å²) in [5.74, 6) is 0. The molecule has 1 saturated heterocycles. The highest BCUT2D eigenvalue weighted by Crippen LogP contribution is 2.29. The molecule has 0 aromatic heterocycles. The van der Waals surface area contributed by atoms with Crippen molar-refractivity contribution in [3.63, 3.8) is 0 Å². The van der Waals surface area contributed by atoms with E-state index in [0.717, 1.165) is 13.1 Å². The quantitative estimate of drug-likeness (QED) is 0.919. The molecule has 2 N–H and O–H groups in total. The second kappa shape index (κ2) is 6.25. The molecule has 1 aromatic rings. The Hall–Kier alpha value is -0.900. The molecule has 0 radical (unpaired) electrons. The van der Waals surface area contributed by atoms with Gasteiger partial charge in [0.25, 0.3) is 0 Å². The summed E-state index contributed by atoms with van der Waals surface area (Å²) in [6, 6.07) is 10.2. The summed E-state index contributed by atoms with van der Waals surface area (Å²) < 4.78 is 0. The third-order valence-corrected chi connectivity index (χ3v) is 4.79. The van der Waals surface area contributed by atoms with E-state index < -0.39 is 0 Å². The van der Waals surface area contributed by atoms with Crippen molar-refractivity contribution in [1.29, 1.82) is 0 Å². The first-order chi connectivity index (χ1) is 9.41. The van der Waals surface area contributed by atoms with Crippen LogP contribution in [0, 0.1) is 6.92 Å². The average Bonchev–Trinajstić information content (AvgIpc) is 2.38. The van der Waals surface area contributed by atoms with Crippen molar-refractivity contribution in [1.82, 2.24) is 9.80 Å². The number of hydrogen-bond donors (Lipinski definition) is 1. The van der Waals surface area contributed by atoms with E-state index in [1.165, 1.54) is 11.1 Å². The van der Waals surface area contributed by atoms with Crippen LogP contribution in [0.2, 0.25) is 0 Å². The molecular weight excluding hydrogens is 246 g/mol. The van der Waals surface area contributed by atoms with Gasteiger partial charge in [-0.2, -0.15) is 0 Å². The number of hydrogen-bond acceptors (Lipinski definition) is 3. The Labute approximate surface area is 123 Å². The van der Waals surface area contributed by atoms with Gasteiger partial charge in [-0.1, -0.05) is 24.3 Å². The van der Waals surface area contributed by atoms with Gasteiger partial charge in [0.2, 0.25) is 0 Å². The second-order valence-electron chi connectivity index (χ2n) is 6.48. The monoisotopic (exact) mass is 275 g/mol. The Morgan fingerprint density at radius 1 is 1.15 bits per heavy atom. The Morgan fingerprint density at radius 3 is 2.20 bits per heavy atom. The molecule has 4 atom stereocenters. The Bertz CT molecular complexity index is 432. The fourth-order valence-electron chi connectivity index (χ4n) is 3.40. The van der Waals surface area contributed by atoms with Crippen molar-refractivity contribution < 1.29 is 0 Å². The van der Waals surface area contributed by atoms with Crippen LogP contribution in [-0.4, -0.2) is 48.1 Å². The number of piperazine rings is 1. The number of nitrogens with zero attached hydrogens (tertiary/aromatic N) is 2. The van der Waals surface area contributed by atoms with Crippen LogP contribution in [0.3, 0.4) is 0 Å². The van der Waals surface area contributed by atoms with E-state index in [2.05, 4.69) is 68.8 Å². The zero-order valence-electron chi connectivity index (χ0n) is 13.5. The zero-order valence-corrected chi connectivity index (χ0v) is 13.5. The SMILES string of the molecule is Cc1ccccc1C(C(C)N)N1CC(C)N(C)C(C)C1. The Kier molecular flexibility index (Phi) is 4.84. The first kappa shape index (κ1) is 15.5. The standard InChI is InChI=1S/C17H29N3/c1-12-8-6-7-9-16(12)17(15(4)18)20-10-13(2)19(5)14(3)11-20/h6-9,13-15,17H,10-11,18H2,1-5H3. The van der Waals surface area contributed by atoms with Crippen LogP contribution >= 0.6 is 0 Å². The smallest absolute Gasteiger partial charge is 0.0500 e. The normalized spacial score (nSPS) is 28.3. The van der Waals surface area contributed by atoms with Crippen LogP contribution in [0.5, 0.6) is 0 Å². The molecule has 1 aromatic carbocycles. The van der Waals surface area contributed by atoms with Crippen LogP contribution in [0.4, 0.5) is 0 Å². The predicted molar refractivity (Wildman–Crippen MR) is 85.8 cm³/mol. The van der Waals surface area contributed by atoms with E-state index >= 15 is 0 Å². The van der Waals surface area contributed by atoms with Crippen molar-refractivity contribution in [3.05, 3.63) is 35.4 Å². The van der Waals surface area contributed by atoms with Crippen LogP contribution in [0.15, 0.2) is 24.3 Å². The maximum atomic E-state index is 6.34. The van der Waals surface area contributed by atoms with Crippen LogP contribution in [0.1, 0.15) is 37.9 Å². The molecule has 3 heteroatoms. The first-order valence-corrected chi connectivity index (χ1v) is 7.69. The molecular formula is C17H29N3. The minimum Gasteiger partial charge on any atom is -0.326 e. The summed E-state index contributed by atoms with van der Waals surface area (Å²) in [7, 11) is 2.22. The van der Waals surface area contributed by atoms with Gasteiger partial charge in [0.05, 0.1) is 0 Å². The average molecular weight is 275 g/mol. The van der Waals surface area contributed by atoms with Crippen molar-refractivity contribution in [2.24, 2.45) is 5.73 Å². The molecule has 3 nitrogen and oxygen atoms in total. The molecule has 20 heavy (non-hydrogen) atoms. The molecule has 2 rings (SSSR count). The summed E-state index contributed by atoms with van der Waals surface area (Å²) in [6.07, 6.45) is 0. The molecule has 4 unspecified atom stereocenters. The van der Waals surface area contributed by atoms with Crippen LogP contribution in [-0.2, 0) is 0 Å². The van der Waals surface area contributed by atoms with E-state index in [1.807, 2.05) is 0 Å². The summed E-state index contributed by atoms with van der Waals surface area (Å²) in [6.45, 7) is 11.1. The van der Waals surface area contributed by atoms with Crippen molar-refractivity contribution in [2.75, 3.05) is 20.1 Å². The van der Waals surface area contributed by atoms with Crippen molar-refractivity contribution in [3.8, 4) is 0 Å². The van der Waals surface area contributed by atoms with Gasteiger partial charge in [0, 0.05) is 37.3 Å². The molecule has 1 aliphatic rings. The number of nitrogens with two attached hydrogens (primary N) is 1. The lowest BCUT2D eigenvalue weighted by molar-refractivity contribution is 0.0272. The van der Waals surface area contributed by atoms with Gasteiger partial charge in [0.1, 0.15) is 0 Å². The number of aryl methyl sites for hydroxylation is 1. The molecule has 0 amide bonds. The minimum atomic E-state index is 0.138. The first-order valence-electron chi connectivity index (χ1n) is 7.69. The summed E-state index contributed by atoms with van der Waals surface area (Å²) in [4.78, 5) is 5.04. The van der Waals surface area contributed by atoms with Crippen molar-refractivity contribution >= 4 is 0 Å². The lowest BCUT2D eigenvalue weighted by atomic mass is 9.93. The molecule has 1 heterocycles. The maximum Gasteiger partial charge on any atom is 0.0500 e. The number of likely N-dealkylation sites (N-methyl/N-ethyl adjacent to an activating group) is 1. The molecule has 1 fully saturated rings. The third-order valence-electron chi connectivity index (χ3n) is 4.79. The number of benzene rings is 1. The lowest BCUT2D eigenvalue weighted by Crippen LogP contribution is -2.57. The van der Waals surface area contributed by atoms with E-state index in [1.54, 1.807) is 0 Å². The van der Waals surface area contributed by atoms with Crippen LogP contribution < -0.4 is 5.73 Å². The van der Waals surface area contributed by atoms with E-state index in [4.69, 9.17) is 5.73 Å². The zero-order chi connectivity index (χ0) is 14.9. The molecule has 0 saturated carbocycles. The van der Waals surface area contributed by atoms with Gasteiger partial charge >= 0.3 is 0 Å². The molecule has 112 valence electrons. The fraction of sp³-hybridized carbons (Fsp3) is 0.647. The van der Waals surface area contributed by atoms with E-state index in [-0.39, 0.29) is 6.04 Å². The van der Waals surface area contributed by atoms with Gasteiger partial charge in [-0.3, -0.25) is 9.80 Å². The Morgan fingerprint density at radius 2 is 1.70 bits per heavy atom. The van der Waals surface area contributed by atoms with E-state index in [9.17, 15) is 0 Å². The van der Waals surface area contributed by atoms with Gasteiger partial charge in [-0.15, -0.1) is 0 Å². The minimum absolute atomic E-state index is 0.138. The van der Waals surface area contributed by atoms with Crippen LogP contribution in [0.25, 0.3) is 0 Å². The van der Waals surface area contributed by atoms with Gasteiger partial charge in [-0.25, -0.2) is 0 Å². The highest BCUT2D eigenvalue weighted by atomic mass is 15.3. The number of rotatable bonds is 3. The highest BCUT2D eigenvalue weighted by molar-refractivity contribution is 5.30. The third kappa shape index (κ3) is 3.05. The molecule has 1 aliphatic heterocycles. The maximum absolute atomic E-state index is 6.34. The topological polar surface area (TPSA) is 32.5 Å². The van der Waals surface area contributed by atoms with E-state index in [0.29, 0.717) is 18.1 Å².